The summed E-state index contributed by atoms with van der Waals surface area (Å²) < 4.78 is 0.671. The van der Waals surface area contributed by atoms with E-state index in [9.17, 15) is 9.59 Å². The minimum Gasteiger partial charge on any atom is -0.348 e. The number of hydrogen-bond acceptors (Lipinski definition) is 4. The molecule has 3 rings (SSSR count). The van der Waals surface area contributed by atoms with Crippen molar-refractivity contribution in [2.45, 2.75) is 24.9 Å². The number of imidazole rings is 1. The van der Waals surface area contributed by atoms with Crippen LogP contribution in [0.1, 0.15) is 10.6 Å². The Morgan fingerprint density at radius 3 is 2.43 bits per heavy atom. The van der Waals surface area contributed by atoms with Crippen molar-refractivity contribution in [2.75, 3.05) is 0 Å². The number of carbonyl (C=O) groups excluding carboxylic acids is 2. The first-order valence-electron chi connectivity index (χ1n) is 6.44. The highest BCUT2D eigenvalue weighted by molar-refractivity contribution is 7.16. The Morgan fingerprint density at radius 1 is 1.14 bits per heavy atom. The van der Waals surface area contributed by atoms with Gasteiger partial charge in [0.2, 0.25) is 11.8 Å². The largest absolute Gasteiger partial charge is 0.348 e. The van der Waals surface area contributed by atoms with Gasteiger partial charge in [-0.1, -0.05) is 11.6 Å². The van der Waals surface area contributed by atoms with E-state index < -0.39 is 12.1 Å². The molecule has 110 valence electrons. The molecule has 3 heterocycles. The lowest BCUT2D eigenvalue weighted by Crippen LogP contribution is -2.62. The molecule has 2 aromatic rings. The Balaban J connectivity index is 1.63. The van der Waals surface area contributed by atoms with Gasteiger partial charge in [0, 0.05) is 29.6 Å². The van der Waals surface area contributed by atoms with E-state index in [1.807, 2.05) is 6.07 Å². The van der Waals surface area contributed by atoms with Crippen molar-refractivity contribution in [3.8, 4) is 0 Å². The SMILES string of the molecule is O=C1NC(Cc2ccc(Cl)s2)C(=O)NC1Cc1cnc[nH]1. The van der Waals surface area contributed by atoms with Crippen LogP contribution in [-0.2, 0) is 22.4 Å². The van der Waals surface area contributed by atoms with Gasteiger partial charge in [0.1, 0.15) is 12.1 Å². The molecular formula is C13H13ClN4O2S. The minimum absolute atomic E-state index is 0.177. The molecule has 1 fully saturated rings. The number of rotatable bonds is 4. The van der Waals surface area contributed by atoms with Crippen LogP contribution in [0, 0.1) is 0 Å². The van der Waals surface area contributed by atoms with Crippen LogP contribution in [0.2, 0.25) is 4.34 Å². The number of thiophene rings is 1. The number of nitrogens with zero attached hydrogens (tertiary/aromatic N) is 1. The molecule has 3 N–H and O–H groups in total. The lowest BCUT2D eigenvalue weighted by molar-refractivity contribution is -0.136. The molecule has 6 nitrogen and oxygen atoms in total. The summed E-state index contributed by atoms with van der Waals surface area (Å²) in [6, 6.07) is 2.53. The molecule has 0 bridgehead atoms. The number of aromatic amines is 1. The molecule has 2 atom stereocenters. The van der Waals surface area contributed by atoms with Crippen LogP contribution >= 0.6 is 22.9 Å². The Hall–Kier alpha value is -1.86. The van der Waals surface area contributed by atoms with Gasteiger partial charge in [-0.25, -0.2) is 4.98 Å². The zero-order valence-corrected chi connectivity index (χ0v) is 12.5. The fourth-order valence-corrected chi connectivity index (χ4v) is 3.37. The molecule has 1 saturated heterocycles. The summed E-state index contributed by atoms with van der Waals surface area (Å²) in [6.45, 7) is 0. The van der Waals surface area contributed by atoms with Gasteiger partial charge in [-0.15, -0.1) is 11.3 Å². The van der Waals surface area contributed by atoms with Crippen molar-refractivity contribution in [3.63, 3.8) is 0 Å². The van der Waals surface area contributed by atoms with Crippen molar-refractivity contribution in [2.24, 2.45) is 0 Å². The molecule has 2 unspecified atom stereocenters. The second kappa shape index (κ2) is 5.87. The van der Waals surface area contributed by atoms with E-state index in [-0.39, 0.29) is 11.8 Å². The van der Waals surface area contributed by atoms with Crippen molar-refractivity contribution in [3.05, 3.63) is 39.6 Å². The molecule has 0 radical (unpaired) electrons. The molecule has 0 aliphatic carbocycles. The first kappa shape index (κ1) is 14.1. The molecule has 21 heavy (non-hydrogen) atoms. The molecule has 2 amide bonds. The van der Waals surface area contributed by atoms with Gasteiger partial charge in [0.25, 0.3) is 0 Å². The lowest BCUT2D eigenvalue weighted by atomic mass is 10.0. The standard InChI is InChI=1S/C13H13ClN4O2S/c14-11-2-1-8(21-11)4-10-13(20)17-9(12(19)18-10)3-7-5-15-6-16-7/h1-2,5-6,9-10H,3-4H2,(H,15,16)(H,17,20)(H,18,19). The summed E-state index contributed by atoms with van der Waals surface area (Å²) in [4.78, 5) is 32.0. The fraction of sp³-hybridized carbons (Fsp3) is 0.308. The molecule has 8 heteroatoms. The molecular weight excluding hydrogens is 312 g/mol. The van der Waals surface area contributed by atoms with Crippen LogP contribution in [0.25, 0.3) is 0 Å². The number of carbonyl (C=O) groups is 2. The first-order chi connectivity index (χ1) is 10.1. The minimum atomic E-state index is -0.568. The maximum absolute atomic E-state index is 12.1. The van der Waals surface area contributed by atoms with E-state index in [1.54, 1.807) is 18.6 Å². The number of H-pyrrole nitrogens is 1. The van der Waals surface area contributed by atoms with E-state index >= 15 is 0 Å². The quantitative estimate of drug-likeness (QED) is 0.780. The number of amides is 2. The topological polar surface area (TPSA) is 86.9 Å². The Labute approximate surface area is 129 Å². The van der Waals surface area contributed by atoms with Gasteiger partial charge in [0.05, 0.1) is 10.7 Å². The van der Waals surface area contributed by atoms with Crippen LogP contribution in [0.4, 0.5) is 0 Å². The second-order valence-corrected chi connectivity index (χ2v) is 6.61. The lowest BCUT2D eigenvalue weighted by Gasteiger charge is -2.29. The van der Waals surface area contributed by atoms with Gasteiger partial charge in [-0.3, -0.25) is 9.59 Å². The van der Waals surface area contributed by atoms with Crippen LogP contribution in [-0.4, -0.2) is 33.9 Å². The highest BCUT2D eigenvalue weighted by atomic mass is 35.5. The van der Waals surface area contributed by atoms with Crippen LogP contribution in [0.3, 0.4) is 0 Å². The van der Waals surface area contributed by atoms with Gasteiger partial charge < -0.3 is 15.6 Å². The number of hydrogen-bond donors (Lipinski definition) is 3. The number of aromatic nitrogens is 2. The summed E-state index contributed by atoms with van der Waals surface area (Å²) >= 11 is 7.28. The van der Waals surface area contributed by atoms with Gasteiger partial charge in [-0.2, -0.15) is 0 Å². The van der Waals surface area contributed by atoms with E-state index in [2.05, 4.69) is 20.6 Å². The number of piperazine rings is 1. The average Bonchev–Trinajstić information content (AvgIpc) is 3.07. The Kier molecular flexibility index (Phi) is 3.94. The summed E-state index contributed by atoms with van der Waals surface area (Å²) in [5.41, 5.74) is 0.805. The smallest absolute Gasteiger partial charge is 0.243 e. The zero-order chi connectivity index (χ0) is 14.8. The predicted molar refractivity (Wildman–Crippen MR) is 79.2 cm³/mol. The summed E-state index contributed by atoms with van der Waals surface area (Å²) in [5, 5.41) is 5.52. The van der Waals surface area contributed by atoms with E-state index in [0.29, 0.717) is 17.2 Å². The highest BCUT2D eigenvalue weighted by Gasteiger charge is 2.34. The zero-order valence-electron chi connectivity index (χ0n) is 10.9. The van der Waals surface area contributed by atoms with Crippen molar-refractivity contribution in [1.29, 1.82) is 0 Å². The molecule has 1 aliphatic heterocycles. The number of nitrogens with one attached hydrogen (secondary N) is 3. The monoisotopic (exact) mass is 324 g/mol. The van der Waals surface area contributed by atoms with Crippen molar-refractivity contribution < 1.29 is 9.59 Å². The van der Waals surface area contributed by atoms with Crippen LogP contribution in [0.5, 0.6) is 0 Å². The van der Waals surface area contributed by atoms with E-state index in [1.165, 1.54) is 11.3 Å². The summed E-state index contributed by atoms with van der Waals surface area (Å²) in [7, 11) is 0. The maximum Gasteiger partial charge on any atom is 0.243 e. The molecule has 1 aliphatic rings. The molecule has 2 aromatic heterocycles. The average molecular weight is 325 g/mol. The summed E-state index contributed by atoms with van der Waals surface area (Å²) in [6.07, 6.45) is 4.03. The van der Waals surface area contributed by atoms with Gasteiger partial charge >= 0.3 is 0 Å². The van der Waals surface area contributed by atoms with Crippen LogP contribution in [0.15, 0.2) is 24.7 Å². The maximum atomic E-state index is 12.1. The van der Waals surface area contributed by atoms with E-state index in [4.69, 9.17) is 11.6 Å². The Morgan fingerprint density at radius 2 is 1.86 bits per heavy atom. The first-order valence-corrected chi connectivity index (χ1v) is 7.63. The van der Waals surface area contributed by atoms with Gasteiger partial charge in [0.15, 0.2) is 0 Å². The molecule has 0 saturated carbocycles. The normalized spacial score (nSPS) is 22.0. The van der Waals surface area contributed by atoms with Crippen molar-refractivity contribution >= 4 is 34.8 Å². The summed E-state index contributed by atoms with van der Waals surface area (Å²) in [5.74, 6) is -0.361. The Bertz CT molecular complexity index is 655. The fourth-order valence-electron chi connectivity index (χ4n) is 2.24. The third kappa shape index (κ3) is 3.25. The van der Waals surface area contributed by atoms with Gasteiger partial charge in [-0.05, 0) is 12.1 Å². The highest BCUT2D eigenvalue weighted by Crippen LogP contribution is 2.23. The third-order valence-electron chi connectivity index (χ3n) is 3.28. The van der Waals surface area contributed by atoms with Crippen LogP contribution < -0.4 is 10.6 Å². The molecule has 0 aromatic carbocycles. The second-order valence-electron chi connectivity index (χ2n) is 4.81. The molecule has 0 spiro atoms. The number of halogens is 1. The van der Waals surface area contributed by atoms with Crippen molar-refractivity contribution in [1.82, 2.24) is 20.6 Å². The predicted octanol–water partition coefficient (Wildman–Crippen LogP) is 0.893. The third-order valence-corrected chi connectivity index (χ3v) is 4.53. The van der Waals surface area contributed by atoms with E-state index in [0.717, 1.165) is 10.6 Å².